The number of amides is 1. The van der Waals surface area contributed by atoms with Crippen LogP contribution in [0.25, 0.3) is 17.3 Å². The number of hydrogen-bond acceptors (Lipinski definition) is 3. The number of carbonyl (C=O) groups excluding carboxylic acids is 1. The van der Waals surface area contributed by atoms with Gasteiger partial charge in [-0.2, -0.15) is 5.10 Å². The van der Waals surface area contributed by atoms with Crippen molar-refractivity contribution in [2.24, 2.45) is 12.8 Å². The largest absolute Gasteiger partial charge is 0.326 e. The molecule has 0 radical (unpaired) electrons. The van der Waals surface area contributed by atoms with E-state index >= 15 is 0 Å². The van der Waals surface area contributed by atoms with Gasteiger partial charge in [0.25, 0.3) is 0 Å². The lowest BCUT2D eigenvalue weighted by molar-refractivity contribution is -0.111. The molecule has 0 aliphatic rings. The van der Waals surface area contributed by atoms with E-state index in [1.54, 1.807) is 36.1 Å². The first-order valence-corrected chi connectivity index (χ1v) is 8.13. The molecule has 0 unspecified atom stereocenters. The van der Waals surface area contributed by atoms with Crippen molar-refractivity contribution in [2.45, 2.75) is 6.54 Å². The molecular weight excluding hydrogens is 331 g/mol. The molecule has 3 aromatic rings. The van der Waals surface area contributed by atoms with Gasteiger partial charge in [-0.25, -0.2) is 4.39 Å². The Bertz CT molecular complexity index is 927. The summed E-state index contributed by atoms with van der Waals surface area (Å²) < 4.78 is 14.8. The second-order valence-corrected chi connectivity index (χ2v) is 5.80. The predicted octanol–water partition coefficient (Wildman–Crippen LogP) is 3.34. The topological polar surface area (TPSA) is 72.9 Å². The third kappa shape index (κ3) is 4.04. The average molecular weight is 350 g/mol. The number of aryl methyl sites for hydroxylation is 1. The van der Waals surface area contributed by atoms with Crippen LogP contribution in [0.2, 0.25) is 0 Å². The molecule has 0 saturated heterocycles. The lowest BCUT2D eigenvalue weighted by Gasteiger charge is -2.05. The molecule has 0 bridgehead atoms. The third-order valence-electron chi connectivity index (χ3n) is 3.96. The molecule has 0 aliphatic heterocycles. The van der Waals surface area contributed by atoms with Gasteiger partial charge in [-0.05, 0) is 48.0 Å². The maximum absolute atomic E-state index is 13.1. The van der Waals surface area contributed by atoms with E-state index in [4.69, 9.17) is 5.73 Å². The molecule has 0 saturated carbocycles. The van der Waals surface area contributed by atoms with Crippen LogP contribution < -0.4 is 11.1 Å². The molecule has 0 atom stereocenters. The highest BCUT2D eigenvalue weighted by molar-refractivity contribution is 6.02. The Balaban J connectivity index is 1.75. The van der Waals surface area contributed by atoms with Crippen LogP contribution in [0.15, 0.2) is 60.8 Å². The maximum atomic E-state index is 13.1. The minimum atomic E-state index is -0.298. The fourth-order valence-electron chi connectivity index (χ4n) is 2.61. The summed E-state index contributed by atoms with van der Waals surface area (Å²) in [4.78, 5) is 12.1. The zero-order chi connectivity index (χ0) is 18.5. The molecular formula is C20H19FN4O. The third-order valence-corrected chi connectivity index (χ3v) is 3.96. The van der Waals surface area contributed by atoms with Gasteiger partial charge < -0.3 is 11.1 Å². The van der Waals surface area contributed by atoms with E-state index in [1.807, 2.05) is 24.3 Å². The monoisotopic (exact) mass is 350 g/mol. The molecule has 1 aromatic heterocycles. The van der Waals surface area contributed by atoms with Crippen molar-refractivity contribution in [1.82, 2.24) is 9.78 Å². The summed E-state index contributed by atoms with van der Waals surface area (Å²) in [6.45, 7) is 0.460. The van der Waals surface area contributed by atoms with E-state index in [0.29, 0.717) is 12.2 Å². The van der Waals surface area contributed by atoms with Crippen molar-refractivity contribution < 1.29 is 9.18 Å². The Kier molecular flexibility index (Phi) is 5.24. The molecule has 6 heteroatoms. The van der Waals surface area contributed by atoms with Gasteiger partial charge in [-0.15, -0.1) is 0 Å². The fourth-order valence-corrected chi connectivity index (χ4v) is 2.61. The first-order valence-electron chi connectivity index (χ1n) is 8.13. The summed E-state index contributed by atoms with van der Waals surface area (Å²) in [5.74, 6) is -0.549. The molecule has 26 heavy (non-hydrogen) atoms. The number of hydrogen-bond donors (Lipinski definition) is 2. The molecule has 3 N–H and O–H groups in total. The molecule has 0 aliphatic carbocycles. The Morgan fingerprint density at radius 2 is 1.88 bits per heavy atom. The molecule has 3 rings (SSSR count). The summed E-state index contributed by atoms with van der Waals surface area (Å²) in [5.41, 5.74) is 9.65. The van der Waals surface area contributed by atoms with E-state index in [2.05, 4.69) is 10.4 Å². The quantitative estimate of drug-likeness (QED) is 0.693. The number of benzene rings is 2. The van der Waals surface area contributed by atoms with Crippen LogP contribution in [0.5, 0.6) is 0 Å². The Morgan fingerprint density at radius 3 is 2.54 bits per heavy atom. The second-order valence-electron chi connectivity index (χ2n) is 5.80. The summed E-state index contributed by atoms with van der Waals surface area (Å²) in [6, 6.07) is 13.5. The van der Waals surface area contributed by atoms with Crippen LogP contribution in [0.4, 0.5) is 10.1 Å². The van der Waals surface area contributed by atoms with Crippen molar-refractivity contribution in [3.8, 4) is 11.3 Å². The first-order chi connectivity index (χ1) is 12.6. The highest BCUT2D eigenvalue weighted by atomic mass is 19.1. The minimum Gasteiger partial charge on any atom is -0.326 e. The molecule has 0 spiro atoms. The summed E-state index contributed by atoms with van der Waals surface area (Å²) in [7, 11) is 1.80. The number of nitrogens with zero attached hydrogens (tertiary/aromatic N) is 2. The number of anilines is 1. The number of nitrogens with two attached hydrogens (primary N) is 1. The highest BCUT2D eigenvalue weighted by Crippen LogP contribution is 2.24. The van der Waals surface area contributed by atoms with Gasteiger partial charge in [0.15, 0.2) is 0 Å². The van der Waals surface area contributed by atoms with E-state index < -0.39 is 0 Å². The Morgan fingerprint density at radius 1 is 1.19 bits per heavy atom. The first kappa shape index (κ1) is 17.6. The van der Waals surface area contributed by atoms with E-state index in [1.165, 1.54) is 18.2 Å². The Labute approximate surface area is 151 Å². The molecule has 132 valence electrons. The van der Waals surface area contributed by atoms with Crippen LogP contribution in [-0.4, -0.2) is 15.7 Å². The normalized spacial score (nSPS) is 11.0. The van der Waals surface area contributed by atoms with Gasteiger partial charge in [-0.1, -0.05) is 12.1 Å². The molecule has 1 heterocycles. The lowest BCUT2D eigenvalue weighted by atomic mass is 10.1. The van der Waals surface area contributed by atoms with Crippen molar-refractivity contribution in [3.63, 3.8) is 0 Å². The fraction of sp³-hybridized carbons (Fsp3) is 0.100. The van der Waals surface area contributed by atoms with Crippen LogP contribution in [0.3, 0.4) is 0 Å². The van der Waals surface area contributed by atoms with Crippen molar-refractivity contribution in [1.29, 1.82) is 0 Å². The number of carbonyl (C=O) groups is 1. The molecule has 1 amide bonds. The lowest BCUT2D eigenvalue weighted by Crippen LogP contribution is -2.08. The van der Waals surface area contributed by atoms with Crippen LogP contribution >= 0.6 is 0 Å². The number of aromatic nitrogens is 2. The van der Waals surface area contributed by atoms with Crippen LogP contribution in [0.1, 0.15) is 11.1 Å². The van der Waals surface area contributed by atoms with Crippen molar-refractivity contribution in [3.05, 3.63) is 77.7 Å². The predicted molar refractivity (Wildman–Crippen MR) is 101 cm³/mol. The minimum absolute atomic E-state index is 0.251. The smallest absolute Gasteiger partial charge is 0.248 e. The second kappa shape index (κ2) is 7.76. The van der Waals surface area contributed by atoms with Gasteiger partial charge >= 0.3 is 0 Å². The van der Waals surface area contributed by atoms with Crippen LogP contribution in [0, 0.1) is 5.82 Å². The summed E-state index contributed by atoms with van der Waals surface area (Å²) in [5, 5.41) is 7.02. The molecule has 5 nitrogen and oxygen atoms in total. The Hall–Kier alpha value is -3.25. The van der Waals surface area contributed by atoms with E-state index in [0.717, 1.165) is 22.4 Å². The van der Waals surface area contributed by atoms with Gasteiger partial charge in [-0.3, -0.25) is 9.48 Å². The number of rotatable bonds is 5. The summed E-state index contributed by atoms with van der Waals surface area (Å²) in [6.07, 6.45) is 4.80. The molecule has 2 aromatic carbocycles. The van der Waals surface area contributed by atoms with Crippen molar-refractivity contribution >= 4 is 17.7 Å². The average Bonchev–Trinajstić information content (AvgIpc) is 3.02. The summed E-state index contributed by atoms with van der Waals surface area (Å²) >= 11 is 0. The maximum Gasteiger partial charge on any atom is 0.248 e. The number of nitrogens with one attached hydrogen (secondary N) is 1. The van der Waals surface area contributed by atoms with Gasteiger partial charge in [0.2, 0.25) is 5.91 Å². The van der Waals surface area contributed by atoms with E-state index in [-0.39, 0.29) is 11.7 Å². The zero-order valence-electron chi connectivity index (χ0n) is 14.3. The molecule has 0 fully saturated rings. The van der Waals surface area contributed by atoms with E-state index in [9.17, 15) is 9.18 Å². The van der Waals surface area contributed by atoms with Gasteiger partial charge in [0, 0.05) is 36.5 Å². The van der Waals surface area contributed by atoms with Crippen LogP contribution in [-0.2, 0) is 18.4 Å². The standard InChI is InChI=1S/C20H19FN4O/c1-25-20(15-4-7-17(21)8-5-15)16(13-23-25)6-11-19(26)24-18-9-2-14(12-22)3-10-18/h2-11,13H,12,22H2,1H3,(H,24,26). The zero-order valence-corrected chi connectivity index (χ0v) is 14.3. The SMILES string of the molecule is Cn1ncc(C=CC(=O)Nc2ccc(CN)cc2)c1-c1ccc(F)cc1. The highest BCUT2D eigenvalue weighted by Gasteiger charge is 2.09. The van der Waals surface area contributed by atoms with Crippen molar-refractivity contribution in [2.75, 3.05) is 5.32 Å². The number of halogens is 1. The van der Waals surface area contributed by atoms with Gasteiger partial charge in [0.05, 0.1) is 11.9 Å². The van der Waals surface area contributed by atoms with Gasteiger partial charge in [0.1, 0.15) is 5.82 Å².